The van der Waals surface area contributed by atoms with Gasteiger partial charge in [0.2, 0.25) is 18.6 Å². The predicted molar refractivity (Wildman–Crippen MR) is 106 cm³/mol. The van der Waals surface area contributed by atoms with Crippen LogP contribution in [0.4, 0.5) is 11.8 Å². The van der Waals surface area contributed by atoms with Crippen molar-refractivity contribution in [2.24, 2.45) is 0 Å². The van der Waals surface area contributed by atoms with Crippen LogP contribution in [0.25, 0.3) is 0 Å². The summed E-state index contributed by atoms with van der Waals surface area (Å²) in [6, 6.07) is 7.64. The summed E-state index contributed by atoms with van der Waals surface area (Å²) in [5.41, 5.74) is 1.03. The number of nitrogens with one attached hydrogen (secondary N) is 2. The molecule has 8 nitrogen and oxygen atoms in total. The molecule has 4 rings (SSSR count). The van der Waals surface area contributed by atoms with Gasteiger partial charge in [0, 0.05) is 25.7 Å². The molecule has 0 bridgehead atoms. The van der Waals surface area contributed by atoms with Gasteiger partial charge in [0.05, 0.1) is 7.11 Å². The Bertz CT molecular complexity index is 842. The molecule has 3 heterocycles. The maximum absolute atomic E-state index is 5.39. The third-order valence-corrected chi connectivity index (χ3v) is 4.69. The molecular formula is C18H21N5O3S. The highest BCUT2D eigenvalue weighted by atomic mass is 32.1. The van der Waals surface area contributed by atoms with E-state index in [1.165, 1.54) is 12.8 Å². The molecule has 27 heavy (non-hydrogen) atoms. The fourth-order valence-corrected chi connectivity index (χ4v) is 3.22. The largest absolute Gasteiger partial charge is 0.481 e. The summed E-state index contributed by atoms with van der Waals surface area (Å²) < 4.78 is 16.0. The average Bonchev–Trinajstić information content (AvgIpc) is 3.37. The van der Waals surface area contributed by atoms with Crippen molar-refractivity contribution in [2.75, 3.05) is 37.2 Å². The van der Waals surface area contributed by atoms with E-state index in [4.69, 9.17) is 26.4 Å². The molecule has 1 saturated heterocycles. The number of methoxy groups -OCH3 is 1. The highest BCUT2D eigenvalue weighted by Crippen LogP contribution is 2.32. The minimum Gasteiger partial charge on any atom is -0.481 e. The van der Waals surface area contributed by atoms with Crippen LogP contribution in [-0.2, 0) is 6.54 Å². The van der Waals surface area contributed by atoms with Crippen LogP contribution < -0.4 is 29.7 Å². The van der Waals surface area contributed by atoms with Gasteiger partial charge < -0.3 is 29.7 Å². The zero-order valence-corrected chi connectivity index (χ0v) is 15.8. The van der Waals surface area contributed by atoms with Crippen LogP contribution >= 0.6 is 12.2 Å². The van der Waals surface area contributed by atoms with Crippen LogP contribution in [0.5, 0.6) is 17.4 Å². The normalized spacial score (nSPS) is 14.9. The van der Waals surface area contributed by atoms with Gasteiger partial charge in [-0.1, -0.05) is 6.07 Å². The first-order valence-corrected chi connectivity index (χ1v) is 9.23. The first-order chi connectivity index (χ1) is 13.2. The van der Waals surface area contributed by atoms with Gasteiger partial charge in [-0.3, -0.25) is 0 Å². The molecule has 0 unspecified atom stereocenters. The maximum Gasteiger partial charge on any atom is 0.234 e. The Labute approximate surface area is 162 Å². The lowest BCUT2D eigenvalue weighted by atomic mass is 10.2. The lowest BCUT2D eigenvalue weighted by Crippen LogP contribution is -2.29. The molecule has 0 saturated carbocycles. The summed E-state index contributed by atoms with van der Waals surface area (Å²) in [5, 5.41) is 6.63. The second kappa shape index (κ2) is 7.83. The predicted octanol–water partition coefficient (Wildman–Crippen LogP) is 2.30. The second-order valence-corrected chi connectivity index (χ2v) is 6.69. The third kappa shape index (κ3) is 4.13. The van der Waals surface area contributed by atoms with Gasteiger partial charge in [-0.15, -0.1) is 0 Å². The molecule has 2 N–H and O–H groups in total. The van der Waals surface area contributed by atoms with E-state index in [0.717, 1.165) is 36.0 Å². The van der Waals surface area contributed by atoms with E-state index in [9.17, 15) is 0 Å². The van der Waals surface area contributed by atoms with Crippen LogP contribution in [-0.4, -0.2) is 42.1 Å². The molecule has 2 aromatic rings. The van der Waals surface area contributed by atoms with E-state index in [1.807, 2.05) is 24.3 Å². The van der Waals surface area contributed by atoms with Crippen molar-refractivity contribution in [2.45, 2.75) is 19.4 Å². The summed E-state index contributed by atoms with van der Waals surface area (Å²) in [7, 11) is 1.59. The molecule has 142 valence electrons. The van der Waals surface area contributed by atoms with Gasteiger partial charge in [-0.05, 0) is 42.8 Å². The number of rotatable bonds is 5. The Balaban J connectivity index is 1.39. The van der Waals surface area contributed by atoms with Gasteiger partial charge in [0.1, 0.15) is 5.82 Å². The number of aromatic nitrogens is 2. The quantitative estimate of drug-likeness (QED) is 0.751. The Morgan fingerprint density at radius 1 is 1.19 bits per heavy atom. The second-order valence-electron chi connectivity index (χ2n) is 6.28. The number of ether oxygens (including phenoxy) is 3. The Morgan fingerprint density at radius 2 is 2.00 bits per heavy atom. The fourth-order valence-electron chi connectivity index (χ4n) is 3.06. The minimum absolute atomic E-state index is 0.263. The summed E-state index contributed by atoms with van der Waals surface area (Å²) in [6.07, 6.45) is 2.34. The Kier molecular flexibility index (Phi) is 5.10. The molecule has 2 aliphatic rings. The molecule has 0 amide bonds. The summed E-state index contributed by atoms with van der Waals surface area (Å²) in [4.78, 5) is 11.1. The molecule has 9 heteroatoms. The van der Waals surface area contributed by atoms with Crippen molar-refractivity contribution >= 4 is 29.1 Å². The van der Waals surface area contributed by atoms with Crippen LogP contribution in [0.3, 0.4) is 0 Å². The van der Waals surface area contributed by atoms with Crippen LogP contribution in [0.1, 0.15) is 18.4 Å². The summed E-state index contributed by atoms with van der Waals surface area (Å²) in [5.74, 6) is 3.28. The SMILES string of the molecule is COc1cc(N2CCCC2)nc(NC(=S)NCc2ccc3c(c2)OCO3)n1. The minimum atomic E-state index is 0.263. The highest BCUT2D eigenvalue weighted by molar-refractivity contribution is 7.80. The third-order valence-electron chi connectivity index (χ3n) is 4.44. The van der Waals surface area contributed by atoms with Crippen molar-refractivity contribution in [1.29, 1.82) is 0 Å². The van der Waals surface area contributed by atoms with E-state index < -0.39 is 0 Å². The lowest BCUT2D eigenvalue weighted by Gasteiger charge is -2.18. The monoisotopic (exact) mass is 387 g/mol. The number of thiocarbonyl (C=S) groups is 1. The zero-order valence-electron chi connectivity index (χ0n) is 15.0. The molecular weight excluding hydrogens is 366 g/mol. The molecule has 0 radical (unpaired) electrons. The van der Waals surface area contributed by atoms with Gasteiger partial charge in [0.25, 0.3) is 0 Å². The number of fused-ring (bicyclic) bond motifs is 1. The first-order valence-electron chi connectivity index (χ1n) is 8.83. The lowest BCUT2D eigenvalue weighted by molar-refractivity contribution is 0.174. The Hall–Kier alpha value is -2.81. The topological polar surface area (TPSA) is 80.8 Å². The smallest absolute Gasteiger partial charge is 0.234 e. The molecule has 2 aliphatic heterocycles. The number of benzene rings is 1. The van der Waals surface area contributed by atoms with Crippen molar-refractivity contribution < 1.29 is 14.2 Å². The van der Waals surface area contributed by atoms with Gasteiger partial charge in [-0.2, -0.15) is 9.97 Å². The number of hydrogen-bond donors (Lipinski definition) is 2. The van der Waals surface area contributed by atoms with Crippen LogP contribution in [0, 0.1) is 0 Å². The highest BCUT2D eigenvalue weighted by Gasteiger charge is 2.17. The van der Waals surface area contributed by atoms with Gasteiger partial charge >= 0.3 is 0 Å². The summed E-state index contributed by atoms with van der Waals surface area (Å²) in [6.45, 7) is 2.79. The number of nitrogens with zero attached hydrogens (tertiary/aromatic N) is 3. The van der Waals surface area contributed by atoms with Crippen LogP contribution in [0.15, 0.2) is 24.3 Å². The molecule has 0 spiro atoms. The summed E-state index contributed by atoms with van der Waals surface area (Å²) >= 11 is 5.38. The average molecular weight is 387 g/mol. The molecule has 1 fully saturated rings. The van der Waals surface area contributed by atoms with E-state index in [-0.39, 0.29) is 6.79 Å². The van der Waals surface area contributed by atoms with Crippen molar-refractivity contribution in [1.82, 2.24) is 15.3 Å². The molecule has 1 aromatic carbocycles. The zero-order chi connectivity index (χ0) is 18.6. The van der Waals surface area contributed by atoms with E-state index in [0.29, 0.717) is 23.5 Å². The number of hydrogen-bond acceptors (Lipinski definition) is 7. The van der Waals surface area contributed by atoms with E-state index in [2.05, 4.69) is 25.5 Å². The van der Waals surface area contributed by atoms with Crippen LogP contribution in [0.2, 0.25) is 0 Å². The fraction of sp³-hybridized carbons (Fsp3) is 0.389. The maximum atomic E-state index is 5.39. The standard InChI is InChI=1S/C18H21N5O3S/c1-24-16-9-15(23-6-2-3-7-23)20-17(21-16)22-18(27)19-10-12-4-5-13-14(8-12)26-11-25-13/h4-5,8-9H,2-3,6-7,10-11H2,1H3,(H2,19,20,21,22,27). The first kappa shape index (κ1) is 17.6. The van der Waals surface area contributed by atoms with Crippen molar-refractivity contribution in [3.05, 3.63) is 29.8 Å². The van der Waals surface area contributed by atoms with Crippen molar-refractivity contribution in [3.8, 4) is 17.4 Å². The molecule has 0 atom stereocenters. The van der Waals surface area contributed by atoms with Crippen molar-refractivity contribution in [3.63, 3.8) is 0 Å². The van der Waals surface area contributed by atoms with E-state index >= 15 is 0 Å². The Morgan fingerprint density at radius 3 is 2.81 bits per heavy atom. The molecule has 0 aliphatic carbocycles. The van der Waals surface area contributed by atoms with Gasteiger partial charge in [-0.25, -0.2) is 0 Å². The van der Waals surface area contributed by atoms with Gasteiger partial charge in [0.15, 0.2) is 16.6 Å². The number of anilines is 2. The molecule has 1 aromatic heterocycles. The van der Waals surface area contributed by atoms with E-state index in [1.54, 1.807) is 7.11 Å².